The third-order valence-corrected chi connectivity index (χ3v) is 3.43. The first-order valence-corrected chi connectivity index (χ1v) is 8.15. The van der Waals surface area contributed by atoms with E-state index in [4.69, 9.17) is 14.2 Å². The fraction of sp³-hybridized carbons (Fsp3) is 0.471. The van der Waals surface area contributed by atoms with Gasteiger partial charge in [-0.1, -0.05) is 6.92 Å². The Bertz CT molecular complexity index is 646. The van der Waals surface area contributed by atoms with Crippen molar-refractivity contribution in [2.75, 3.05) is 26.4 Å². The molecular formula is C17H22N2O6. The second kappa shape index (κ2) is 8.91. The zero-order chi connectivity index (χ0) is 18.2. The van der Waals surface area contributed by atoms with Crippen molar-refractivity contribution in [1.82, 2.24) is 10.6 Å². The van der Waals surface area contributed by atoms with E-state index < -0.39 is 24.5 Å². The number of amides is 2. The monoisotopic (exact) mass is 350 g/mol. The number of carbonyl (C=O) groups is 3. The highest BCUT2D eigenvalue weighted by Gasteiger charge is 2.18. The first-order valence-electron chi connectivity index (χ1n) is 8.15. The molecule has 0 spiro atoms. The van der Waals surface area contributed by atoms with Crippen molar-refractivity contribution in [1.29, 1.82) is 0 Å². The summed E-state index contributed by atoms with van der Waals surface area (Å²) in [5.74, 6) is -0.465. The molecule has 1 heterocycles. The third-order valence-electron chi connectivity index (χ3n) is 3.43. The lowest BCUT2D eigenvalue weighted by molar-refractivity contribution is -0.130. The summed E-state index contributed by atoms with van der Waals surface area (Å²) in [7, 11) is 0. The minimum Gasteiger partial charge on any atom is -0.486 e. The van der Waals surface area contributed by atoms with Gasteiger partial charge in [0.25, 0.3) is 5.91 Å². The third kappa shape index (κ3) is 5.37. The molecule has 8 nitrogen and oxygen atoms in total. The normalized spacial score (nSPS) is 13.5. The Morgan fingerprint density at radius 3 is 2.64 bits per heavy atom. The molecule has 2 rings (SSSR count). The van der Waals surface area contributed by atoms with Gasteiger partial charge in [-0.15, -0.1) is 0 Å². The molecule has 136 valence electrons. The first-order chi connectivity index (χ1) is 12.0. The van der Waals surface area contributed by atoms with E-state index in [0.29, 0.717) is 31.3 Å². The van der Waals surface area contributed by atoms with Crippen LogP contribution in [0, 0.1) is 0 Å². The van der Waals surface area contributed by atoms with Crippen LogP contribution in [0.5, 0.6) is 11.5 Å². The minimum absolute atomic E-state index is 0.255. The van der Waals surface area contributed by atoms with E-state index in [9.17, 15) is 14.4 Å². The summed E-state index contributed by atoms with van der Waals surface area (Å²) in [6.07, 6.45) is 0.805. The van der Waals surface area contributed by atoms with Gasteiger partial charge in [0.1, 0.15) is 19.3 Å². The molecule has 1 aliphatic heterocycles. The average Bonchev–Trinajstić information content (AvgIpc) is 2.63. The number of benzene rings is 1. The predicted octanol–water partition coefficient (Wildman–Crippen LogP) is 0.645. The van der Waals surface area contributed by atoms with Crippen LogP contribution in [0.1, 0.15) is 30.6 Å². The summed E-state index contributed by atoms with van der Waals surface area (Å²) < 4.78 is 15.7. The Morgan fingerprint density at radius 2 is 1.92 bits per heavy atom. The maximum atomic E-state index is 12.0. The number of hydrogen-bond acceptors (Lipinski definition) is 6. The van der Waals surface area contributed by atoms with Crippen molar-refractivity contribution >= 4 is 17.8 Å². The number of nitrogens with one attached hydrogen (secondary N) is 2. The van der Waals surface area contributed by atoms with Crippen molar-refractivity contribution in [3.63, 3.8) is 0 Å². The SMILES string of the molecule is CCCNC(=O)[C@@H](C)NC(=O)COC(=O)c1ccc2c(c1)OCCO2. The second-order valence-electron chi connectivity index (χ2n) is 5.51. The summed E-state index contributed by atoms with van der Waals surface area (Å²) >= 11 is 0. The fourth-order valence-electron chi connectivity index (χ4n) is 2.13. The van der Waals surface area contributed by atoms with E-state index in [1.165, 1.54) is 12.1 Å². The molecule has 2 N–H and O–H groups in total. The molecular weight excluding hydrogens is 328 g/mol. The van der Waals surface area contributed by atoms with Crippen LogP contribution >= 0.6 is 0 Å². The van der Waals surface area contributed by atoms with Crippen LogP contribution in [0.25, 0.3) is 0 Å². The Morgan fingerprint density at radius 1 is 1.20 bits per heavy atom. The maximum absolute atomic E-state index is 12.0. The Kier molecular flexibility index (Phi) is 6.62. The lowest BCUT2D eigenvalue weighted by Crippen LogP contribution is -2.46. The Balaban J connectivity index is 1.81. The van der Waals surface area contributed by atoms with E-state index in [1.54, 1.807) is 13.0 Å². The topological polar surface area (TPSA) is 103 Å². The van der Waals surface area contributed by atoms with E-state index in [0.717, 1.165) is 6.42 Å². The number of ether oxygens (including phenoxy) is 3. The summed E-state index contributed by atoms with van der Waals surface area (Å²) in [6, 6.07) is 3.96. The van der Waals surface area contributed by atoms with Gasteiger partial charge in [0.05, 0.1) is 5.56 Å². The van der Waals surface area contributed by atoms with Crippen molar-refractivity contribution in [3.05, 3.63) is 23.8 Å². The number of fused-ring (bicyclic) bond motifs is 1. The van der Waals surface area contributed by atoms with Crippen molar-refractivity contribution in [2.45, 2.75) is 26.3 Å². The van der Waals surface area contributed by atoms with Gasteiger partial charge in [0.2, 0.25) is 5.91 Å². The largest absolute Gasteiger partial charge is 0.486 e. The molecule has 0 saturated carbocycles. The van der Waals surface area contributed by atoms with Gasteiger partial charge in [-0.3, -0.25) is 9.59 Å². The molecule has 2 amide bonds. The molecule has 0 radical (unpaired) electrons. The summed E-state index contributed by atoms with van der Waals surface area (Å²) in [4.78, 5) is 35.5. The molecule has 1 atom stereocenters. The molecule has 1 aromatic carbocycles. The number of rotatable bonds is 7. The van der Waals surface area contributed by atoms with Crippen LogP contribution in [-0.2, 0) is 14.3 Å². The molecule has 0 bridgehead atoms. The van der Waals surface area contributed by atoms with Gasteiger partial charge in [0, 0.05) is 6.54 Å². The lowest BCUT2D eigenvalue weighted by atomic mass is 10.2. The summed E-state index contributed by atoms with van der Waals surface area (Å²) in [6.45, 7) is 4.43. The molecule has 0 unspecified atom stereocenters. The van der Waals surface area contributed by atoms with Gasteiger partial charge in [-0.25, -0.2) is 4.79 Å². The van der Waals surface area contributed by atoms with E-state index in [-0.39, 0.29) is 11.5 Å². The standard InChI is InChI=1S/C17H22N2O6/c1-3-6-18-16(21)11(2)19-15(20)10-25-17(22)12-4-5-13-14(9-12)24-8-7-23-13/h4-5,9,11H,3,6-8,10H2,1-2H3,(H,18,21)(H,19,20)/t11-/m1/s1. The van der Waals surface area contributed by atoms with Gasteiger partial charge in [-0.2, -0.15) is 0 Å². The van der Waals surface area contributed by atoms with Crippen molar-refractivity contribution in [3.8, 4) is 11.5 Å². The van der Waals surface area contributed by atoms with Crippen LogP contribution < -0.4 is 20.1 Å². The predicted molar refractivity (Wildman–Crippen MR) is 88.6 cm³/mol. The van der Waals surface area contributed by atoms with Crippen LogP contribution in [0.4, 0.5) is 0 Å². The zero-order valence-electron chi connectivity index (χ0n) is 14.3. The highest BCUT2D eigenvalue weighted by atomic mass is 16.6. The fourth-order valence-corrected chi connectivity index (χ4v) is 2.13. The Hall–Kier alpha value is -2.77. The van der Waals surface area contributed by atoms with Gasteiger partial charge in [0.15, 0.2) is 18.1 Å². The number of carbonyl (C=O) groups excluding carboxylic acids is 3. The summed E-state index contributed by atoms with van der Waals surface area (Å²) in [5, 5.41) is 5.14. The minimum atomic E-state index is -0.702. The van der Waals surface area contributed by atoms with Crippen LogP contribution in [0.3, 0.4) is 0 Å². The smallest absolute Gasteiger partial charge is 0.338 e. The molecule has 0 aliphatic carbocycles. The lowest BCUT2D eigenvalue weighted by Gasteiger charge is -2.18. The summed E-state index contributed by atoms with van der Waals surface area (Å²) in [5.41, 5.74) is 0.255. The molecule has 0 aromatic heterocycles. The molecule has 0 fully saturated rings. The molecule has 25 heavy (non-hydrogen) atoms. The van der Waals surface area contributed by atoms with Gasteiger partial charge < -0.3 is 24.8 Å². The second-order valence-corrected chi connectivity index (χ2v) is 5.51. The van der Waals surface area contributed by atoms with Gasteiger partial charge in [-0.05, 0) is 31.5 Å². The molecule has 0 saturated heterocycles. The Labute approximate surface area is 145 Å². The highest BCUT2D eigenvalue weighted by Crippen LogP contribution is 2.30. The highest BCUT2D eigenvalue weighted by molar-refractivity contribution is 5.93. The van der Waals surface area contributed by atoms with Crippen LogP contribution in [-0.4, -0.2) is 50.2 Å². The number of esters is 1. The number of hydrogen-bond donors (Lipinski definition) is 2. The van der Waals surface area contributed by atoms with Crippen molar-refractivity contribution < 1.29 is 28.6 Å². The van der Waals surface area contributed by atoms with Crippen LogP contribution in [0.2, 0.25) is 0 Å². The van der Waals surface area contributed by atoms with E-state index in [1.807, 2.05) is 6.92 Å². The maximum Gasteiger partial charge on any atom is 0.338 e. The quantitative estimate of drug-likeness (QED) is 0.700. The average molecular weight is 350 g/mol. The van der Waals surface area contributed by atoms with Gasteiger partial charge >= 0.3 is 5.97 Å². The van der Waals surface area contributed by atoms with E-state index >= 15 is 0 Å². The molecule has 8 heteroatoms. The zero-order valence-corrected chi connectivity index (χ0v) is 14.3. The van der Waals surface area contributed by atoms with Crippen LogP contribution in [0.15, 0.2) is 18.2 Å². The molecule has 1 aliphatic rings. The van der Waals surface area contributed by atoms with Crippen molar-refractivity contribution in [2.24, 2.45) is 0 Å². The van der Waals surface area contributed by atoms with E-state index in [2.05, 4.69) is 10.6 Å². The molecule has 1 aromatic rings. The first kappa shape index (κ1) is 18.6.